The van der Waals surface area contributed by atoms with E-state index in [2.05, 4.69) is 9.64 Å². The molecule has 3 rings (SSSR count). The number of halogens is 3. The summed E-state index contributed by atoms with van der Waals surface area (Å²) in [5, 5.41) is 0.585. The largest absolute Gasteiger partial charge is 0.469 e. The van der Waals surface area contributed by atoms with Gasteiger partial charge in [-0.1, -0.05) is 29.8 Å². The molecule has 6 nitrogen and oxygen atoms in total. The lowest BCUT2D eigenvalue weighted by Gasteiger charge is -2.36. The molecular formula is C25H29ClF2N2O4. The lowest BCUT2D eigenvalue weighted by molar-refractivity contribution is -0.141. The van der Waals surface area contributed by atoms with Crippen molar-refractivity contribution >= 4 is 23.5 Å². The molecule has 1 saturated heterocycles. The zero-order valence-corrected chi connectivity index (χ0v) is 19.9. The van der Waals surface area contributed by atoms with E-state index in [-0.39, 0.29) is 30.5 Å². The van der Waals surface area contributed by atoms with Gasteiger partial charge >= 0.3 is 5.97 Å². The highest BCUT2D eigenvalue weighted by molar-refractivity contribution is 6.30. The average molecular weight is 495 g/mol. The highest BCUT2D eigenvalue weighted by Gasteiger charge is 2.25. The molecule has 1 atom stereocenters. The molecule has 1 heterocycles. The van der Waals surface area contributed by atoms with E-state index >= 15 is 0 Å². The van der Waals surface area contributed by atoms with Crippen LogP contribution in [0.5, 0.6) is 0 Å². The van der Waals surface area contributed by atoms with Gasteiger partial charge in [-0.3, -0.25) is 14.5 Å². The van der Waals surface area contributed by atoms with E-state index in [1.807, 2.05) is 12.1 Å². The van der Waals surface area contributed by atoms with Crippen molar-refractivity contribution in [2.45, 2.75) is 32.0 Å². The lowest BCUT2D eigenvalue weighted by Crippen LogP contribution is -2.49. The molecule has 0 aromatic heterocycles. The van der Waals surface area contributed by atoms with Gasteiger partial charge in [0.05, 0.1) is 19.8 Å². The van der Waals surface area contributed by atoms with Crippen molar-refractivity contribution < 1.29 is 27.8 Å². The number of benzene rings is 2. The Morgan fingerprint density at radius 1 is 1.00 bits per heavy atom. The quantitative estimate of drug-likeness (QED) is 0.459. The number of rotatable bonds is 10. The van der Waals surface area contributed by atoms with E-state index in [9.17, 15) is 18.4 Å². The number of piperazine rings is 1. The molecule has 0 radical (unpaired) electrons. The summed E-state index contributed by atoms with van der Waals surface area (Å²) in [5.41, 5.74) is 0.742. The summed E-state index contributed by atoms with van der Waals surface area (Å²) in [4.78, 5) is 27.6. The maximum atomic E-state index is 14.1. The van der Waals surface area contributed by atoms with Gasteiger partial charge in [-0.25, -0.2) is 8.78 Å². The van der Waals surface area contributed by atoms with Crippen LogP contribution >= 0.6 is 11.6 Å². The number of carbonyl (C=O) groups excluding carboxylic acids is 2. The van der Waals surface area contributed by atoms with Gasteiger partial charge in [0.1, 0.15) is 11.6 Å². The van der Waals surface area contributed by atoms with E-state index in [0.29, 0.717) is 50.6 Å². The molecule has 0 N–H and O–H groups in total. The molecule has 0 bridgehead atoms. The van der Waals surface area contributed by atoms with Crippen LogP contribution in [0.2, 0.25) is 5.02 Å². The first-order valence-electron chi connectivity index (χ1n) is 11.2. The normalized spacial score (nSPS) is 15.2. The monoisotopic (exact) mass is 494 g/mol. The van der Waals surface area contributed by atoms with E-state index in [1.54, 1.807) is 17.0 Å². The van der Waals surface area contributed by atoms with Crippen molar-refractivity contribution in [3.8, 4) is 0 Å². The summed E-state index contributed by atoms with van der Waals surface area (Å²) in [6.07, 6.45) is 0.564. The van der Waals surface area contributed by atoms with Gasteiger partial charge in [-0.2, -0.15) is 0 Å². The summed E-state index contributed by atoms with van der Waals surface area (Å²) in [6, 6.07) is 10.9. The number of hydrogen-bond donors (Lipinski definition) is 0. The fraction of sp³-hybridized carbons (Fsp3) is 0.440. The summed E-state index contributed by atoms with van der Waals surface area (Å²) >= 11 is 6.02. The summed E-state index contributed by atoms with van der Waals surface area (Å²) < 4.78 is 38.7. The van der Waals surface area contributed by atoms with Gasteiger partial charge in [-0.05, 0) is 36.2 Å². The Labute approximate surface area is 203 Å². The molecule has 2 aromatic rings. The standard InChI is InChI=1S/C25H29ClF2N2O4/c1-33-25(32)7-3-6-24(31)30-14-12-29(13-15-30)16-23(18-8-10-19(26)11-9-18)34-17-20-21(27)4-2-5-22(20)28/h2,4-5,8-11,23H,3,6-7,12-17H2,1H3. The van der Waals surface area contributed by atoms with Gasteiger partial charge in [-0.15, -0.1) is 0 Å². The molecule has 184 valence electrons. The van der Waals surface area contributed by atoms with Crippen LogP contribution in [0.4, 0.5) is 8.78 Å². The summed E-state index contributed by atoms with van der Waals surface area (Å²) in [6.45, 7) is 2.71. The molecule has 1 unspecified atom stereocenters. The highest BCUT2D eigenvalue weighted by Crippen LogP contribution is 2.25. The van der Waals surface area contributed by atoms with Crippen LogP contribution in [0.25, 0.3) is 0 Å². The minimum absolute atomic E-state index is 0.0177. The fourth-order valence-electron chi connectivity index (χ4n) is 3.84. The SMILES string of the molecule is COC(=O)CCCC(=O)N1CCN(CC(OCc2c(F)cccc2F)c2ccc(Cl)cc2)CC1. The van der Waals surface area contributed by atoms with Crippen molar-refractivity contribution in [3.05, 3.63) is 70.2 Å². The van der Waals surface area contributed by atoms with Crippen molar-refractivity contribution in [2.75, 3.05) is 39.8 Å². The number of esters is 1. The lowest BCUT2D eigenvalue weighted by atomic mass is 10.1. The minimum atomic E-state index is -0.644. The summed E-state index contributed by atoms with van der Waals surface area (Å²) in [7, 11) is 1.33. The van der Waals surface area contributed by atoms with Gasteiger partial charge < -0.3 is 14.4 Å². The first kappa shape index (κ1) is 26.1. The molecule has 0 spiro atoms. The number of amides is 1. The Morgan fingerprint density at radius 2 is 1.65 bits per heavy atom. The first-order chi connectivity index (χ1) is 16.4. The zero-order chi connectivity index (χ0) is 24.5. The number of hydrogen-bond acceptors (Lipinski definition) is 5. The molecule has 1 fully saturated rings. The molecule has 1 aliphatic rings. The Kier molecular flexibility index (Phi) is 9.80. The number of ether oxygens (including phenoxy) is 2. The second-order valence-electron chi connectivity index (χ2n) is 8.16. The van der Waals surface area contributed by atoms with Gasteiger partial charge in [0.15, 0.2) is 0 Å². The molecule has 1 aliphatic heterocycles. The van der Waals surface area contributed by atoms with E-state index in [0.717, 1.165) is 5.56 Å². The second kappa shape index (κ2) is 12.8. The predicted octanol–water partition coefficient (Wildman–Crippen LogP) is 4.36. The first-order valence-corrected chi connectivity index (χ1v) is 11.6. The molecular weight excluding hydrogens is 466 g/mol. The molecule has 0 aliphatic carbocycles. The van der Waals surface area contributed by atoms with Crippen LogP contribution in [-0.4, -0.2) is 61.5 Å². The van der Waals surface area contributed by atoms with Crippen molar-refractivity contribution in [1.82, 2.24) is 9.80 Å². The van der Waals surface area contributed by atoms with Gasteiger partial charge in [0, 0.05) is 56.2 Å². The Bertz CT molecular complexity index is 946. The average Bonchev–Trinajstić information content (AvgIpc) is 2.83. The number of nitrogens with zero attached hydrogens (tertiary/aromatic N) is 2. The van der Waals surface area contributed by atoms with Crippen LogP contribution in [0.15, 0.2) is 42.5 Å². The van der Waals surface area contributed by atoms with E-state index in [1.165, 1.54) is 25.3 Å². The van der Waals surface area contributed by atoms with Crippen LogP contribution in [0.3, 0.4) is 0 Å². The van der Waals surface area contributed by atoms with Gasteiger partial charge in [0.25, 0.3) is 0 Å². The predicted molar refractivity (Wildman–Crippen MR) is 124 cm³/mol. The Hall–Kier alpha value is -2.55. The fourth-order valence-corrected chi connectivity index (χ4v) is 3.97. The second-order valence-corrected chi connectivity index (χ2v) is 8.60. The molecule has 9 heteroatoms. The molecule has 0 saturated carbocycles. The third-order valence-corrected chi connectivity index (χ3v) is 6.13. The highest BCUT2D eigenvalue weighted by atomic mass is 35.5. The Morgan fingerprint density at radius 3 is 2.26 bits per heavy atom. The smallest absolute Gasteiger partial charge is 0.305 e. The maximum absolute atomic E-state index is 14.1. The van der Waals surface area contributed by atoms with Crippen molar-refractivity contribution in [1.29, 1.82) is 0 Å². The van der Waals surface area contributed by atoms with Crippen molar-refractivity contribution in [3.63, 3.8) is 0 Å². The van der Waals surface area contributed by atoms with Gasteiger partial charge in [0.2, 0.25) is 5.91 Å². The Balaban J connectivity index is 1.57. The van der Waals surface area contributed by atoms with Crippen LogP contribution < -0.4 is 0 Å². The van der Waals surface area contributed by atoms with Crippen molar-refractivity contribution in [2.24, 2.45) is 0 Å². The number of carbonyl (C=O) groups is 2. The van der Waals surface area contributed by atoms with Crippen LogP contribution in [0, 0.1) is 11.6 Å². The maximum Gasteiger partial charge on any atom is 0.305 e. The molecule has 34 heavy (non-hydrogen) atoms. The molecule has 1 amide bonds. The minimum Gasteiger partial charge on any atom is -0.469 e. The van der Waals surface area contributed by atoms with Crippen LogP contribution in [0.1, 0.15) is 36.5 Å². The topological polar surface area (TPSA) is 59.1 Å². The third kappa shape index (κ3) is 7.48. The third-order valence-electron chi connectivity index (χ3n) is 5.88. The van der Waals surface area contributed by atoms with E-state index < -0.39 is 17.7 Å². The zero-order valence-electron chi connectivity index (χ0n) is 19.1. The molecule has 2 aromatic carbocycles. The van der Waals surface area contributed by atoms with E-state index in [4.69, 9.17) is 16.3 Å². The summed E-state index contributed by atoms with van der Waals surface area (Å²) in [5.74, 6) is -1.59. The number of methoxy groups -OCH3 is 1. The van der Waals surface area contributed by atoms with Crippen LogP contribution in [-0.2, 0) is 25.7 Å².